The Morgan fingerprint density at radius 1 is 1.33 bits per heavy atom. The van der Waals surface area contributed by atoms with E-state index in [1.165, 1.54) is 35.1 Å². The van der Waals surface area contributed by atoms with Crippen LogP contribution in [0, 0.1) is 0 Å². The van der Waals surface area contributed by atoms with Gasteiger partial charge in [-0.05, 0) is 31.2 Å². The maximum absolute atomic E-state index is 5.94. The Labute approximate surface area is 113 Å². The predicted molar refractivity (Wildman–Crippen MR) is 72.4 cm³/mol. The highest BCUT2D eigenvalue weighted by Crippen LogP contribution is 2.37. The topological polar surface area (TPSA) is 43.1 Å². The van der Waals surface area contributed by atoms with E-state index in [9.17, 15) is 0 Å². The molecule has 0 fully saturated rings. The molecule has 4 nitrogen and oxygen atoms in total. The molecule has 0 N–H and O–H groups in total. The predicted octanol–water partition coefficient (Wildman–Crippen LogP) is 2.96. The second-order valence-corrected chi connectivity index (χ2v) is 5.90. The summed E-state index contributed by atoms with van der Waals surface area (Å²) in [4.78, 5) is 11.6. The Balaban J connectivity index is 2.18. The number of fused-ring (bicyclic) bond motifs is 5. The average Bonchev–Trinajstić information content (AvgIpc) is 3.00. The van der Waals surface area contributed by atoms with Crippen molar-refractivity contribution in [2.45, 2.75) is 31.6 Å². The molecule has 0 radical (unpaired) electrons. The number of hydrogen-bond acceptors (Lipinski definition) is 4. The van der Waals surface area contributed by atoms with Gasteiger partial charge in [-0.1, -0.05) is 0 Å². The molecule has 0 saturated heterocycles. The maximum Gasteiger partial charge on any atom is 0.167 e. The largest absolute Gasteiger partial charge is 0.220 e. The molecule has 0 spiro atoms. The van der Waals surface area contributed by atoms with Crippen LogP contribution in [0.2, 0.25) is 0 Å². The average molecular weight is 279 g/mol. The molecular formula is C12H11ClN4S. The zero-order chi connectivity index (χ0) is 12.1. The number of hydrogen-bond donors (Lipinski definition) is 0. The number of alkyl halides is 1. The van der Waals surface area contributed by atoms with Crippen molar-refractivity contribution in [2.24, 2.45) is 0 Å². The van der Waals surface area contributed by atoms with Crippen LogP contribution < -0.4 is 0 Å². The quantitative estimate of drug-likeness (QED) is 0.643. The lowest BCUT2D eigenvalue weighted by Gasteiger charge is -2.10. The first-order valence-electron chi connectivity index (χ1n) is 6.07. The Morgan fingerprint density at radius 2 is 2.22 bits per heavy atom. The number of halogens is 1. The van der Waals surface area contributed by atoms with Crippen LogP contribution in [-0.2, 0) is 18.7 Å². The first-order chi connectivity index (χ1) is 8.88. The third kappa shape index (κ3) is 1.34. The van der Waals surface area contributed by atoms with Crippen molar-refractivity contribution in [2.75, 3.05) is 0 Å². The molecule has 0 aromatic carbocycles. The molecule has 3 heterocycles. The molecule has 3 aromatic rings. The van der Waals surface area contributed by atoms with Crippen molar-refractivity contribution in [3.05, 3.63) is 22.6 Å². The highest BCUT2D eigenvalue weighted by Gasteiger charge is 2.21. The van der Waals surface area contributed by atoms with E-state index in [1.54, 1.807) is 22.2 Å². The second kappa shape index (κ2) is 3.90. The van der Waals surface area contributed by atoms with Crippen LogP contribution in [0.4, 0.5) is 0 Å². The number of thiophene rings is 1. The van der Waals surface area contributed by atoms with E-state index in [-0.39, 0.29) is 0 Å². The minimum atomic E-state index is 0.359. The zero-order valence-electron chi connectivity index (χ0n) is 9.69. The summed E-state index contributed by atoms with van der Waals surface area (Å²) in [6.45, 7) is 0. The third-order valence-electron chi connectivity index (χ3n) is 3.52. The molecule has 1 aliphatic carbocycles. The van der Waals surface area contributed by atoms with Crippen LogP contribution in [0.25, 0.3) is 15.9 Å². The fourth-order valence-electron chi connectivity index (χ4n) is 2.71. The van der Waals surface area contributed by atoms with Gasteiger partial charge in [0.15, 0.2) is 5.65 Å². The summed E-state index contributed by atoms with van der Waals surface area (Å²) in [5, 5.41) is 5.43. The van der Waals surface area contributed by atoms with Gasteiger partial charge in [-0.3, -0.25) is 0 Å². The molecule has 0 atom stereocenters. The SMILES string of the molecule is ClCc1nc2sc3c(c2c2ncnn12)CCCC3. The number of nitrogens with zero attached hydrogens (tertiary/aromatic N) is 4. The molecule has 3 aromatic heterocycles. The van der Waals surface area contributed by atoms with Crippen molar-refractivity contribution in [1.82, 2.24) is 19.6 Å². The number of aromatic nitrogens is 4. The molecule has 4 rings (SSSR count). The fourth-order valence-corrected chi connectivity index (χ4v) is 4.16. The fraction of sp³-hybridized carbons (Fsp3) is 0.417. The second-order valence-electron chi connectivity index (χ2n) is 4.55. The summed E-state index contributed by atoms with van der Waals surface area (Å²) in [6.07, 6.45) is 6.44. The first kappa shape index (κ1) is 10.7. The van der Waals surface area contributed by atoms with Crippen LogP contribution in [0.15, 0.2) is 6.33 Å². The molecule has 0 amide bonds. The highest BCUT2D eigenvalue weighted by atomic mass is 35.5. The van der Waals surface area contributed by atoms with Gasteiger partial charge in [-0.15, -0.1) is 22.9 Å². The third-order valence-corrected chi connectivity index (χ3v) is 4.94. The summed E-state index contributed by atoms with van der Waals surface area (Å²) in [5.41, 5.74) is 2.35. The van der Waals surface area contributed by atoms with Gasteiger partial charge in [0.1, 0.15) is 17.0 Å². The molecule has 1 aliphatic rings. The van der Waals surface area contributed by atoms with Crippen molar-refractivity contribution in [3.63, 3.8) is 0 Å². The summed E-state index contributed by atoms with van der Waals surface area (Å²) < 4.78 is 1.77. The minimum Gasteiger partial charge on any atom is -0.220 e. The Bertz CT molecular complexity index is 745. The van der Waals surface area contributed by atoms with E-state index in [0.717, 1.165) is 22.7 Å². The summed E-state index contributed by atoms with van der Waals surface area (Å²) in [6, 6.07) is 0. The molecule has 6 heteroatoms. The van der Waals surface area contributed by atoms with E-state index in [2.05, 4.69) is 15.1 Å². The smallest absolute Gasteiger partial charge is 0.167 e. The molecule has 92 valence electrons. The summed E-state index contributed by atoms with van der Waals surface area (Å²) in [7, 11) is 0. The Morgan fingerprint density at radius 3 is 3.11 bits per heavy atom. The van der Waals surface area contributed by atoms with E-state index < -0.39 is 0 Å². The highest BCUT2D eigenvalue weighted by molar-refractivity contribution is 7.19. The van der Waals surface area contributed by atoms with Crippen molar-refractivity contribution < 1.29 is 0 Å². The van der Waals surface area contributed by atoms with Crippen LogP contribution in [0.1, 0.15) is 29.1 Å². The van der Waals surface area contributed by atoms with Gasteiger partial charge in [0.2, 0.25) is 0 Å². The summed E-state index contributed by atoms with van der Waals surface area (Å²) >= 11 is 7.74. The normalized spacial score (nSPS) is 15.4. The lowest BCUT2D eigenvalue weighted by Crippen LogP contribution is -2.02. The Hall–Kier alpha value is -1.20. The Kier molecular flexibility index (Phi) is 2.32. The molecule has 0 unspecified atom stereocenters. The van der Waals surface area contributed by atoms with Crippen molar-refractivity contribution in [3.8, 4) is 0 Å². The van der Waals surface area contributed by atoms with Crippen molar-refractivity contribution >= 4 is 38.8 Å². The standard InChI is InChI=1S/C12H11ClN4S/c13-5-9-16-12-10(11-14-6-15-17(9)11)7-3-1-2-4-8(7)18-12/h6H,1-5H2. The van der Waals surface area contributed by atoms with Crippen LogP contribution in [0.5, 0.6) is 0 Å². The molecule has 0 saturated carbocycles. The van der Waals surface area contributed by atoms with Gasteiger partial charge in [0, 0.05) is 4.88 Å². The van der Waals surface area contributed by atoms with Crippen LogP contribution in [0.3, 0.4) is 0 Å². The van der Waals surface area contributed by atoms with Crippen LogP contribution in [-0.4, -0.2) is 19.6 Å². The number of rotatable bonds is 1. The lowest BCUT2D eigenvalue weighted by atomic mass is 9.97. The first-order valence-corrected chi connectivity index (χ1v) is 7.42. The lowest BCUT2D eigenvalue weighted by molar-refractivity contribution is 0.700. The van der Waals surface area contributed by atoms with E-state index in [0.29, 0.717) is 5.88 Å². The van der Waals surface area contributed by atoms with Crippen LogP contribution >= 0.6 is 22.9 Å². The minimum absolute atomic E-state index is 0.359. The van der Waals surface area contributed by atoms with E-state index in [4.69, 9.17) is 11.6 Å². The molecule has 0 bridgehead atoms. The molecule has 0 aliphatic heterocycles. The number of aryl methyl sites for hydroxylation is 2. The van der Waals surface area contributed by atoms with Gasteiger partial charge >= 0.3 is 0 Å². The zero-order valence-corrected chi connectivity index (χ0v) is 11.3. The van der Waals surface area contributed by atoms with Gasteiger partial charge < -0.3 is 0 Å². The molecule has 18 heavy (non-hydrogen) atoms. The maximum atomic E-state index is 5.94. The van der Waals surface area contributed by atoms with Crippen molar-refractivity contribution in [1.29, 1.82) is 0 Å². The van der Waals surface area contributed by atoms with Gasteiger partial charge in [0.05, 0.1) is 11.3 Å². The molecular weight excluding hydrogens is 268 g/mol. The summed E-state index contributed by atoms with van der Waals surface area (Å²) in [5.74, 6) is 1.13. The van der Waals surface area contributed by atoms with E-state index >= 15 is 0 Å². The van der Waals surface area contributed by atoms with E-state index in [1.807, 2.05) is 0 Å². The van der Waals surface area contributed by atoms with Gasteiger partial charge in [-0.25, -0.2) is 9.97 Å². The monoisotopic (exact) mass is 278 g/mol. The van der Waals surface area contributed by atoms with Gasteiger partial charge in [0.25, 0.3) is 0 Å². The van der Waals surface area contributed by atoms with Gasteiger partial charge in [-0.2, -0.15) is 9.61 Å².